The van der Waals surface area contributed by atoms with Crippen LogP contribution >= 0.6 is 11.6 Å². The third-order valence-electron chi connectivity index (χ3n) is 2.35. The van der Waals surface area contributed by atoms with Gasteiger partial charge in [-0.2, -0.15) is 0 Å². The first-order valence-corrected chi connectivity index (χ1v) is 5.42. The maximum atomic E-state index is 12.8. The van der Waals surface area contributed by atoms with Gasteiger partial charge in [-0.3, -0.25) is 9.97 Å². The van der Waals surface area contributed by atoms with Crippen LogP contribution in [0.3, 0.4) is 0 Å². The summed E-state index contributed by atoms with van der Waals surface area (Å²) in [7, 11) is 0. The second kappa shape index (κ2) is 5.21. The zero-order valence-corrected chi connectivity index (χ0v) is 9.60. The number of hydrogen-bond acceptors (Lipinski definition) is 3. The molecule has 0 spiro atoms. The Morgan fingerprint density at radius 1 is 1.35 bits per heavy atom. The van der Waals surface area contributed by atoms with E-state index in [1.807, 2.05) is 0 Å². The van der Waals surface area contributed by atoms with Crippen molar-refractivity contribution in [2.75, 3.05) is 0 Å². The lowest BCUT2D eigenvalue weighted by molar-refractivity contribution is 0.173. The first kappa shape index (κ1) is 12.0. The van der Waals surface area contributed by atoms with E-state index in [1.165, 1.54) is 30.7 Å². The largest absolute Gasteiger partial charge is 0.386 e. The number of aliphatic hydroxyl groups excluding tert-OH is 1. The molecular formula is C12H10ClFN2O. The van der Waals surface area contributed by atoms with Crippen LogP contribution in [-0.2, 0) is 6.42 Å². The summed E-state index contributed by atoms with van der Waals surface area (Å²) in [6, 6.07) is 4.09. The van der Waals surface area contributed by atoms with E-state index in [2.05, 4.69) is 9.97 Å². The summed E-state index contributed by atoms with van der Waals surface area (Å²) < 4.78 is 12.8. The molecule has 0 saturated heterocycles. The molecule has 0 aliphatic heterocycles. The Labute approximate surface area is 103 Å². The highest BCUT2D eigenvalue weighted by Crippen LogP contribution is 2.22. The van der Waals surface area contributed by atoms with Crippen molar-refractivity contribution in [3.8, 4) is 0 Å². The average Bonchev–Trinajstić information content (AvgIpc) is 2.34. The van der Waals surface area contributed by atoms with E-state index >= 15 is 0 Å². The minimum Gasteiger partial charge on any atom is -0.386 e. The lowest BCUT2D eigenvalue weighted by atomic mass is 10.1. The zero-order valence-electron chi connectivity index (χ0n) is 8.85. The van der Waals surface area contributed by atoms with Gasteiger partial charge in [0, 0.05) is 23.8 Å². The fourth-order valence-electron chi connectivity index (χ4n) is 1.48. The summed E-state index contributed by atoms with van der Waals surface area (Å²) in [6.07, 6.45) is 4.00. The Balaban J connectivity index is 2.16. The number of benzene rings is 1. The molecule has 0 aliphatic carbocycles. The van der Waals surface area contributed by atoms with Gasteiger partial charge in [-0.15, -0.1) is 0 Å². The van der Waals surface area contributed by atoms with E-state index in [9.17, 15) is 9.50 Å². The van der Waals surface area contributed by atoms with E-state index in [4.69, 9.17) is 11.6 Å². The van der Waals surface area contributed by atoms with Gasteiger partial charge in [-0.25, -0.2) is 4.39 Å². The molecule has 0 fully saturated rings. The lowest BCUT2D eigenvalue weighted by Gasteiger charge is -2.10. The molecule has 0 amide bonds. The smallest absolute Gasteiger partial charge is 0.124 e. The zero-order chi connectivity index (χ0) is 12.3. The van der Waals surface area contributed by atoms with Crippen molar-refractivity contribution in [1.29, 1.82) is 0 Å². The standard InChI is InChI=1S/C12H10ClFN2O/c13-10-6-9(14)2-1-8(10)5-12(17)11-7-15-3-4-16-11/h1-4,6-7,12,17H,5H2. The van der Waals surface area contributed by atoms with Crippen molar-refractivity contribution < 1.29 is 9.50 Å². The predicted octanol–water partition coefficient (Wildman–Crippen LogP) is 2.55. The molecule has 0 saturated carbocycles. The maximum Gasteiger partial charge on any atom is 0.124 e. The molecule has 1 atom stereocenters. The van der Waals surface area contributed by atoms with Gasteiger partial charge in [0.2, 0.25) is 0 Å². The van der Waals surface area contributed by atoms with E-state index < -0.39 is 11.9 Å². The number of halogens is 2. The maximum absolute atomic E-state index is 12.8. The quantitative estimate of drug-likeness (QED) is 0.913. The Morgan fingerprint density at radius 3 is 2.82 bits per heavy atom. The van der Waals surface area contributed by atoms with Crippen LogP contribution in [0.4, 0.5) is 4.39 Å². The highest BCUT2D eigenvalue weighted by atomic mass is 35.5. The van der Waals surface area contributed by atoms with Crippen molar-refractivity contribution in [3.05, 3.63) is 58.9 Å². The normalized spacial score (nSPS) is 12.4. The van der Waals surface area contributed by atoms with Gasteiger partial charge >= 0.3 is 0 Å². The van der Waals surface area contributed by atoms with Crippen molar-refractivity contribution in [2.45, 2.75) is 12.5 Å². The molecule has 2 rings (SSSR count). The van der Waals surface area contributed by atoms with E-state index in [0.717, 1.165) is 0 Å². The first-order valence-electron chi connectivity index (χ1n) is 5.04. The van der Waals surface area contributed by atoms with Gasteiger partial charge < -0.3 is 5.11 Å². The number of aromatic nitrogens is 2. The Bertz CT molecular complexity index is 507. The third-order valence-corrected chi connectivity index (χ3v) is 2.70. The summed E-state index contributed by atoms with van der Waals surface area (Å²) in [5, 5.41) is 10.2. The molecule has 5 heteroatoms. The van der Waals surface area contributed by atoms with E-state index in [0.29, 0.717) is 16.3 Å². The Hall–Kier alpha value is -1.52. The fourth-order valence-corrected chi connectivity index (χ4v) is 1.73. The summed E-state index contributed by atoms with van der Waals surface area (Å²) in [4.78, 5) is 7.86. The van der Waals surface area contributed by atoms with Crippen molar-refractivity contribution >= 4 is 11.6 Å². The van der Waals surface area contributed by atoms with Gasteiger partial charge in [0.25, 0.3) is 0 Å². The monoisotopic (exact) mass is 252 g/mol. The minimum atomic E-state index is -0.799. The number of aliphatic hydroxyl groups is 1. The molecule has 1 aromatic carbocycles. The topological polar surface area (TPSA) is 46.0 Å². The van der Waals surface area contributed by atoms with Crippen LogP contribution in [0.1, 0.15) is 17.4 Å². The lowest BCUT2D eigenvalue weighted by Crippen LogP contribution is -2.05. The Kier molecular flexibility index (Phi) is 3.66. The molecule has 88 valence electrons. The Morgan fingerprint density at radius 2 is 2.18 bits per heavy atom. The second-order valence-corrected chi connectivity index (χ2v) is 3.99. The highest BCUT2D eigenvalue weighted by molar-refractivity contribution is 6.31. The summed E-state index contributed by atoms with van der Waals surface area (Å²) in [6.45, 7) is 0. The van der Waals surface area contributed by atoms with Crippen LogP contribution in [-0.4, -0.2) is 15.1 Å². The molecule has 1 heterocycles. The molecule has 1 unspecified atom stereocenters. The van der Waals surface area contributed by atoms with Crippen molar-refractivity contribution in [3.63, 3.8) is 0 Å². The molecule has 17 heavy (non-hydrogen) atoms. The van der Waals surface area contributed by atoms with E-state index in [1.54, 1.807) is 6.07 Å². The van der Waals surface area contributed by atoms with Gasteiger partial charge in [-0.1, -0.05) is 17.7 Å². The average molecular weight is 253 g/mol. The van der Waals surface area contributed by atoms with Crippen LogP contribution in [0.2, 0.25) is 5.02 Å². The predicted molar refractivity (Wildman–Crippen MR) is 62.1 cm³/mol. The molecule has 0 bridgehead atoms. The van der Waals surface area contributed by atoms with Crippen LogP contribution in [0.25, 0.3) is 0 Å². The molecule has 1 aromatic heterocycles. The van der Waals surface area contributed by atoms with Crippen molar-refractivity contribution in [2.24, 2.45) is 0 Å². The molecule has 1 N–H and O–H groups in total. The first-order chi connectivity index (χ1) is 8.16. The molecular weight excluding hydrogens is 243 g/mol. The third kappa shape index (κ3) is 2.99. The number of hydrogen-bond donors (Lipinski definition) is 1. The molecule has 0 aliphatic rings. The SMILES string of the molecule is OC(Cc1ccc(F)cc1Cl)c1cnccn1. The van der Waals surface area contributed by atoms with Crippen molar-refractivity contribution in [1.82, 2.24) is 9.97 Å². The summed E-state index contributed by atoms with van der Waals surface area (Å²) in [5.74, 6) is -0.396. The minimum absolute atomic E-state index is 0.276. The fraction of sp³-hybridized carbons (Fsp3) is 0.167. The van der Waals surface area contributed by atoms with Crippen LogP contribution < -0.4 is 0 Å². The van der Waals surface area contributed by atoms with E-state index in [-0.39, 0.29) is 6.42 Å². The molecule has 2 aromatic rings. The number of rotatable bonds is 3. The highest BCUT2D eigenvalue weighted by Gasteiger charge is 2.12. The van der Waals surface area contributed by atoms with Gasteiger partial charge in [-0.05, 0) is 17.7 Å². The van der Waals surface area contributed by atoms with Gasteiger partial charge in [0.1, 0.15) is 11.9 Å². The van der Waals surface area contributed by atoms with Crippen LogP contribution in [0.5, 0.6) is 0 Å². The van der Waals surface area contributed by atoms with Gasteiger partial charge in [0.15, 0.2) is 0 Å². The second-order valence-electron chi connectivity index (χ2n) is 3.59. The van der Waals surface area contributed by atoms with Crippen LogP contribution in [0.15, 0.2) is 36.8 Å². The number of nitrogens with zero attached hydrogens (tertiary/aromatic N) is 2. The molecule has 0 radical (unpaired) electrons. The summed E-state index contributed by atoms with van der Waals surface area (Å²) in [5.41, 5.74) is 1.14. The summed E-state index contributed by atoms with van der Waals surface area (Å²) >= 11 is 5.87. The van der Waals surface area contributed by atoms with Gasteiger partial charge in [0.05, 0.1) is 11.9 Å². The van der Waals surface area contributed by atoms with Crippen LogP contribution in [0, 0.1) is 5.82 Å². The molecule has 3 nitrogen and oxygen atoms in total.